The number of aliphatic carboxylic acids is 1. The Morgan fingerprint density at radius 1 is 1.23 bits per heavy atom. The highest BCUT2D eigenvalue weighted by Gasteiger charge is 2.38. The molecule has 1 aliphatic carbocycles. The fourth-order valence-corrected chi connectivity index (χ4v) is 2.80. The summed E-state index contributed by atoms with van der Waals surface area (Å²) in [5.74, 6) is -1.29. The zero-order valence-corrected chi connectivity index (χ0v) is 14.4. The van der Waals surface area contributed by atoms with Crippen LogP contribution in [0.15, 0.2) is 48.5 Å². The highest BCUT2D eigenvalue weighted by atomic mass is 19.1. The van der Waals surface area contributed by atoms with Crippen molar-refractivity contribution < 1.29 is 23.8 Å². The van der Waals surface area contributed by atoms with Gasteiger partial charge in [0.25, 0.3) is 5.91 Å². The molecule has 0 aromatic heterocycles. The molecule has 1 aliphatic rings. The van der Waals surface area contributed by atoms with Crippen LogP contribution in [0.3, 0.4) is 0 Å². The van der Waals surface area contributed by atoms with E-state index in [1.807, 2.05) is 0 Å². The molecule has 1 unspecified atom stereocenters. The van der Waals surface area contributed by atoms with E-state index >= 15 is 0 Å². The second-order valence-corrected chi connectivity index (χ2v) is 6.40. The minimum Gasteiger partial charge on any atom is -0.489 e. The summed E-state index contributed by atoms with van der Waals surface area (Å²) in [6, 6.07) is 11.8. The molecule has 26 heavy (non-hydrogen) atoms. The topological polar surface area (TPSA) is 66.8 Å². The Balaban J connectivity index is 1.73. The third-order valence-corrected chi connectivity index (χ3v) is 4.32. The molecule has 0 aliphatic heterocycles. The molecular formula is C20H20FNO4. The molecule has 0 heterocycles. The molecule has 0 spiro atoms. The van der Waals surface area contributed by atoms with E-state index in [1.165, 1.54) is 24.0 Å². The maximum absolute atomic E-state index is 13.2. The van der Waals surface area contributed by atoms with Crippen molar-refractivity contribution in [2.75, 3.05) is 0 Å². The number of hydrogen-bond acceptors (Lipinski definition) is 3. The number of ether oxygens (including phenoxy) is 1. The quantitative estimate of drug-likeness (QED) is 0.824. The lowest BCUT2D eigenvalue weighted by atomic mass is 10.1. The number of carbonyl (C=O) groups excluding carboxylic acids is 1. The standard InChI is InChI=1S/C20H20FNO4/c1-13(20(24)25)22(17-8-9-17)19(23)15-5-2-4-14(10-15)12-26-18-7-3-6-16(21)11-18/h2-7,10-11,13,17H,8-9,12H2,1H3,(H,24,25). The number of hydrogen-bond donors (Lipinski definition) is 1. The van der Waals surface area contributed by atoms with Crippen molar-refractivity contribution in [2.24, 2.45) is 0 Å². The fraction of sp³-hybridized carbons (Fsp3) is 0.300. The van der Waals surface area contributed by atoms with Gasteiger partial charge in [0.2, 0.25) is 0 Å². The predicted molar refractivity (Wildman–Crippen MR) is 93.5 cm³/mol. The third-order valence-electron chi connectivity index (χ3n) is 4.32. The minimum absolute atomic E-state index is 0.0131. The number of halogens is 1. The lowest BCUT2D eigenvalue weighted by molar-refractivity contribution is -0.141. The lowest BCUT2D eigenvalue weighted by Gasteiger charge is -2.26. The molecule has 6 heteroatoms. The monoisotopic (exact) mass is 357 g/mol. The van der Waals surface area contributed by atoms with Gasteiger partial charge in [-0.05, 0) is 49.6 Å². The van der Waals surface area contributed by atoms with Gasteiger partial charge in [0, 0.05) is 17.7 Å². The molecule has 5 nitrogen and oxygen atoms in total. The normalized spacial score (nSPS) is 14.5. The molecule has 136 valence electrons. The van der Waals surface area contributed by atoms with Crippen LogP contribution in [0.1, 0.15) is 35.7 Å². The van der Waals surface area contributed by atoms with Gasteiger partial charge in [-0.15, -0.1) is 0 Å². The summed E-state index contributed by atoms with van der Waals surface area (Å²) in [4.78, 5) is 25.6. The summed E-state index contributed by atoms with van der Waals surface area (Å²) in [5, 5.41) is 9.27. The van der Waals surface area contributed by atoms with Crippen LogP contribution in [0.5, 0.6) is 5.75 Å². The van der Waals surface area contributed by atoms with E-state index in [4.69, 9.17) is 4.74 Å². The van der Waals surface area contributed by atoms with Crippen molar-refractivity contribution in [3.8, 4) is 5.75 Å². The second kappa shape index (κ2) is 7.56. The molecule has 1 saturated carbocycles. The number of carboxylic acids is 1. The molecular weight excluding hydrogens is 337 g/mol. The molecule has 0 radical (unpaired) electrons. The van der Waals surface area contributed by atoms with E-state index in [0.717, 1.165) is 18.4 Å². The molecule has 2 aromatic rings. The second-order valence-electron chi connectivity index (χ2n) is 6.40. The molecule has 1 atom stereocenters. The summed E-state index contributed by atoms with van der Waals surface area (Å²) >= 11 is 0. The SMILES string of the molecule is CC(C(=O)O)N(C(=O)c1cccc(COc2cccc(F)c2)c1)C1CC1. The van der Waals surface area contributed by atoms with E-state index in [9.17, 15) is 19.1 Å². The van der Waals surface area contributed by atoms with E-state index < -0.39 is 12.0 Å². The number of nitrogens with zero attached hydrogens (tertiary/aromatic N) is 1. The van der Waals surface area contributed by atoms with Crippen LogP contribution in [0.2, 0.25) is 0 Å². The van der Waals surface area contributed by atoms with E-state index in [2.05, 4.69) is 0 Å². The number of amides is 1. The summed E-state index contributed by atoms with van der Waals surface area (Å²) in [5.41, 5.74) is 1.17. The molecule has 0 saturated heterocycles. The Morgan fingerprint density at radius 3 is 2.62 bits per heavy atom. The van der Waals surface area contributed by atoms with Crippen LogP contribution in [0.25, 0.3) is 0 Å². The Morgan fingerprint density at radius 2 is 1.96 bits per heavy atom. The van der Waals surface area contributed by atoms with Gasteiger partial charge in [0.15, 0.2) is 0 Å². The zero-order valence-electron chi connectivity index (χ0n) is 14.4. The highest BCUT2D eigenvalue weighted by Crippen LogP contribution is 2.30. The van der Waals surface area contributed by atoms with Crippen LogP contribution >= 0.6 is 0 Å². The van der Waals surface area contributed by atoms with Gasteiger partial charge in [-0.1, -0.05) is 18.2 Å². The Hall–Kier alpha value is -2.89. The van der Waals surface area contributed by atoms with Crippen LogP contribution in [-0.2, 0) is 11.4 Å². The number of benzene rings is 2. The lowest BCUT2D eigenvalue weighted by Crippen LogP contribution is -2.44. The predicted octanol–water partition coefficient (Wildman–Crippen LogP) is 3.48. The zero-order chi connectivity index (χ0) is 18.7. The summed E-state index contributed by atoms with van der Waals surface area (Å²) in [6.07, 6.45) is 1.65. The average molecular weight is 357 g/mol. The Bertz CT molecular complexity index is 819. The molecule has 0 bridgehead atoms. The van der Waals surface area contributed by atoms with Crippen LogP contribution < -0.4 is 4.74 Å². The molecule has 2 aromatic carbocycles. The molecule has 1 amide bonds. The van der Waals surface area contributed by atoms with E-state index in [-0.39, 0.29) is 24.4 Å². The van der Waals surface area contributed by atoms with Crippen LogP contribution in [0, 0.1) is 5.82 Å². The smallest absolute Gasteiger partial charge is 0.326 e. The van der Waals surface area contributed by atoms with Gasteiger partial charge in [0.1, 0.15) is 24.2 Å². The first kappa shape index (κ1) is 17.9. The van der Waals surface area contributed by atoms with Crippen molar-refractivity contribution in [3.05, 3.63) is 65.5 Å². The third kappa shape index (κ3) is 4.20. The molecule has 1 N–H and O–H groups in total. The first-order chi connectivity index (χ1) is 12.5. The first-order valence-corrected chi connectivity index (χ1v) is 8.48. The average Bonchev–Trinajstić information content (AvgIpc) is 3.45. The maximum atomic E-state index is 13.2. The number of carboxylic acid groups (broad SMARTS) is 1. The van der Waals surface area contributed by atoms with Crippen LogP contribution in [-0.4, -0.2) is 34.0 Å². The van der Waals surface area contributed by atoms with Crippen molar-refractivity contribution in [1.29, 1.82) is 0 Å². The van der Waals surface area contributed by atoms with E-state index in [0.29, 0.717) is 11.3 Å². The Kier molecular flexibility index (Phi) is 5.21. The molecule has 3 rings (SSSR count). The van der Waals surface area contributed by atoms with E-state index in [1.54, 1.807) is 36.4 Å². The van der Waals surface area contributed by atoms with Crippen molar-refractivity contribution in [3.63, 3.8) is 0 Å². The summed E-state index contributed by atoms with van der Waals surface area (Å²) < 4.78 is 18.8. The van der Waals surface area contributed by atoms with Crippen LogP contribution in [0.4, 0.5) is 4.39 Å². The van der Waals surface area contributed by atoms with Gasteiger partial charge in [-0.25, -0.2) is 9.18 Å². The van der Waals surface area contributed by atoms with Gasteiger partial charge in [0.05, 0.1) is 0 Å². The Labute approximate surface area is 151 Å². The van der Waals surface area contributed by atoms with Crippen molar-refractivity contribution in [1.82, 2.24) is 4.90 Å². The van der Waals surface area contributed by atoms with Gasteiger partial charge < -0.3 is 14.7 Å². The first-order valence-electron chi connectivity index (χ1n) is 8.48. The summed E-state index contributed by atoms with van der Waals surface area (Å²) in [7, 11) is 0. The largest absolute Gasteiger partial charge is 0.489 e. The fourth-order valence-electron chi connectivity index (χ4n) is 2.80. The van der Waals surface area contributed by atoms with Gasteiger partial charge in [-0.3, -0.25) is 4.79 Å². The number of rotatable bonds is 7. The maximum Gasteiger partial charge on any atom is 0.326 e. The van der Waals surface area contributed by atoms with Gasteiger partial charge in [-0.2, -0.15) is 0 Å². The van der Waals surface area contributed by atoms with Crippen molar-refractivity contribution >= 4 is 11.9 Å². The summed E-state index contributed by atoms with van der Waals surface area (Å²) in [6.45, 7) is 1.71. The van der Waals surface area contributed by atoms with Crippen molar-refractivity contribution in [2.45, 2.75) is 38.5 Å². The molecule has 1 fully saturated rings. The minimum atomic E-state index is -1.02. The highest BCUT2D eigenvalue weighted by molar-refractivity contribution is 5.97. The van der Waals surface area contributed by atoms with Gasteiger partial charge >= 0.3 is 5.97 Å². The number of carbonyl (C=O) groups is 2.